The van der Waals surface area contributed by atoms with E-state index < -0.39 is 0 Å². The summed E-state index contributed by atoms with van der Waals surface area (Å²) >= 11 is 0. The molecule has 2 N–H and O–H groups in total. The minimum Gasteiger partial charge on any atom is -0.393 e. The Kier molecular flexibility index (Phi) is 4.87. The monoisotopic (exact) mass is 416 g/mol. The number of allylic oxidation sites excluding steroid dienone is 2. The van der Waals surface area contributed by atoms with E-state index in [0.717, 1.165) is 38.5 Å². The first-order valence-corrected chi connectivity index (χ1v) is 12.9. The smallest absolute Gasteiger partial charge is 0.0845 e. The van der Waals surface area contributed by atoms with Gasteiger partial charge in [0.2, 0.25) is 0 Å². The Morgan fingerprint density at radius 1 is 1.00 bits per heavy atom. The minimum atomic E-state index is -0.330. The summed E-state index contributed by atoms with van der Waals surface area (Å²) in [5, 5.41) is 20.9. The number of ether oxygens (including phenoxy) is 1. The summed E-state index contributed by atoms with van der Waals surface area (Å²) in [5.41, 5.74) is 4.14. The van der Waals surface area contributed by atoms with Crippen LogP contribution in [0.25, 0.3) is 0 Å². The second kappa shape index (κ2) is 6.81. The maximum absolute atomic E-state index is 10.6. The van der Waals surface area contributed by atoms with Crippen LogP contribution in [-0.2, 0) is 4.74 Å². The van der Waals surface area contributed by atoms with E-state index in [-0.39, 0.29) is 34.7 Å². The van der Waals surface area contributed by atoms with E-state index in [4.69, 9.17) is 4.74 Å². The molecule has 3 fully saturated rings. The first-order chi connectivity index (χ1) is 14.1. The van der Waals surface area contributed by atoms with E-state index in [0.29, 0.717) is 17.3 Å². The number of aliphatic hydroxyl groups is 2. The van der Waals surface area contributed by atoms with Gasteiger partial charge in [-0.3, -0.25) is 0 Å². The third-order valence-corrected chi connectivity index (χ3v) is 11.5. The molecule has 1 saturated heterocycles. The maximum atomic E-state index is 10.6. The number of hydrogen-bond acceptors (Lipinski definition) is 3. The van der Waals surface area contributed by atoms with Gasteiger partial charge in [-0.25, -0.2) is 0 Å². The SMILES string of the molecule is CCC(O)C1CC(C)C2(CCC3(C)C4=C(CCC32C)C2(C)CCC(O)CC2CC4)O1. The molecule has 0 aromatic carbocycles. The third kappa shape index (κ3) is 2.49. The molecule has 30 heavy (non-hydrogen) atoms. The largest absolute Gasteiger partial charge is 0.393 e. The number of fused-ring (bicyclic) bond motifs is 5. The van der Waals surface area contributed by atoms with Crippen LogP contribution in [0.3, 0.4) is 0 Å². The van der Waals surface area contributed by atoms with Crippen molar-refractivity contribution in [2.24, 2.45) is 28.1 Å². The second-order valence-corrected chi connectivity index (χ2v) is 12.4. The fourth-order valence-electron chi connectivity index (χ4n) is 9.32. The molecule has 3 heteroatoms. The molecule has 2 saturated carbocycles. The molecule has 3 nitrogen and oxygen atoms in total. The molecule has 0 aromatic rings. The zero-order valence-corrected chi connectivity index (χ0v) is 20.0. The molecule has 0 radical (unpaired) electrons. The number of aliphatic hydroxyl groups excluding tert-OH is 2. The van der Waals surface area contributed by atoms with Gasteiger partial charge in [-0.15, -0.1) is 0 Å². The van der Waals surface area contributed by atoms with Gasteiger partial charge in [0.05, 0.1) is 23.9 Å². The highest BCUT2D eigenvalue weighted by Gasteiger charge is 2.71. The lowest BCUT2D eigenvalue weighted by Crippen LogP contribution is -2.56. The van der Waals surface area contributed by atoms with Gasteiger partial charge in [0, 0.05) is 5.41 Å². The molecule has 0 bridgehead atoms. The van der Waals surface area contributed by atoms with Gasteiger partial charge in [0.1, 0.15) is 0 Å². The molecule has 0 aromatic heterocycles. The van der Waals surface area contributed by atoms with E-state index in [2.05, 4.69) is 34.6 Å². The van der Waals surface area contributed by atoms with Crippen LogP contribution in [0.1, 0.15) is 105 Å². The average Bonchev–Trinajstić information content (AvgIpc) is 3.18. The van der Waals surface area contributed by atoms with Crippen LogP contribution in [0.2, 0.25) is 0 Å². The quantitative estimate of drug-likeness (QED) is 0.561. The summed E-state index contributed by atoms with van der Waals surface area (Å²) in [6.45, 7) is 12.1. The minimum absolute atomic E-state index is 0.00707. The highest BCUT2D eigenvalue weighted by Crippen LogP contribution is 2.74. The first kappa shape index (κ1) is 21.5. The molecule has 170 valence electrons. The summed E-state index contributed by atoms with van der Waals surface area (Å²) < 4.78 is 6.93. The molecule has 4 aliphatic carbocycles. The van der Waals surface area contributed by atoms with Crippen molar-refractivity contribution in [3.63, 3.8) is 0 Å². The van der Waals surface area contributed by atoms with Gasteiger partial charge in [-0.05, 0) is 93.3 Å². The Labute approximate surface area is 183 Å². The van der Waals surface area contributed by atoms with Gasteiger partial charge in [0.15, 0.2) is 0 Å². The second-order valence-electron chi connectivity index (χ2n) is 12.4. The standard InChI is InChI=1S/C27H44O3/c1-6-22(29)23-15-17(2)27(30-23)14-13-25(4)21-8-7-18-16-19(28)9-11-24(18,3)20(21)10-12-26(25,27)5/h17-19,22-23,28-29H,6-16H2,1-5H3. The van der Waals surface area contributed by atoms with Crippen molar-refractivity contribution in [3.8, 4) is 0 Å². The van der Waals surface area contributed by atoms with Crippen molar-refractivity contribution >= 4 is 0 Å². The molecule has 0 amide bonds. The maximum Gasteiger partial charge on any atom is 0.0845 e. The van der Waals surface area contributed by atoms with Gasteiger partial charge in [-0.1, -0.05) is 45.8 Å². The Hall–Kier alpha value is -0.380. The molecule has 1 heterocycles. The fourth-order valence-corrected chi connectivity index (χ4v) is 9.32. The Balaban J connectivity index is 1.53. The van der Waals surface area contributed by atoms with Gasteiger partial charge < -0.3 is 14.9 Å². The Morgan fingerprint density at radius 3 is 2.50 bits per heavy atom. The summed E-state index contributed by atoms with van der Waals surface area (Å²) in [5.74, 6) is 1.17. The van der Waals surface area contributed by atoms with Crippen LogP contribution in [0.15, 0.2) is 11.1 Å². The Bertz CT molecular complexity index is 744. The summed E-state index contributed by atoms with van der Waals surface area (Å²) in [6.07, 6.45) is 11.8. The first-order valence-electron chi connectivity index (χ1n) is 12.9. The van der Waals surface area contributed by atoms with Crippen LogP contribution in [0.4, 0.5) is 0 Å². The normalized spacial score (nSPS) is 54.1. The van der Waals surface area contributed by atoms with Crippen molar-refractivity contribution in [2.75, 3.05) is 0 Å². The number of rotatable bonds is 2. The van der Waals surface area contributed by atoms with Crippen LogP contribution in [-0.4, -0.2) is 34.1 Å². The highest BCUT2D eigenvalue weighted by molar-refractivity contribution is 5.40. The predicted octanol–water partition coefficient (Wildman–Crippen LogP) is 5.78. The molecular weight excluding hydrogens is 372 g/mol. The van der Waals surface area contributed by atoms with Crippen LogP contribution < -0.4 is 0 Å². The van der Waals surface area contributed by atoms with Crippen molar-refractivity contribution < 1.29 is 14.9 Å². The van der Waals surface area contributed by atoms with E-state index in [1.54, 1.807) is 11.1 Å². The lowest BCUT2D eigenvalue weighted by Gasteiger charge is -2.60. The molecule has 1 spiro atoms. The van der Waals surface area contributed by atoms with Crippen molar-refractivity contribution in [2.45, 2.75) is 129 Å². The molecule has 9 atom stereocenters. The number of hydrogen-bond donors (Lipinski definition) is 2. The van der Waals surface area contributed by atoms with Gasteiger partial charge in [-0.2, -0.15) is 0 Å². The average molecular weight is 417 g/mol. The summed E-state index contributed by atoms with van der Waals surface area (Å²) in [7, 11) is 0. The summed E-state index contributed by atoms with van der Waals surface area (Å²) in [6, 6.07) is 0. The van der Waals surface area contributed by atoms with E-state index in [1.165, 1.54) is 32.1 Å². The molecule has 5 rings (SSSR count). The van der Waals surface area contributed by atoms with E-state index in [1.807, 2.05) is 0 Å². The van der Waals surface area contributed by atoms with Crippen molar-refractivity contribution in [3.05, 3.63) is 11.1 Å². The van der Waals surface area contributed by atoms with Crippen LogP contribution in [0, 0.1) is 28.1 Å². The Morgan fingerprint density at radius 2 is 1.77 bits per heavy atom. The lowest BCUT2D eigenvalue weighted by molar-refractivity contribution is -0.167. The van der Waals surface area contributed by atoms with E-state index >= 15 is 0 Å². The zero-order chi connectivity index (χ0) is 21.5. The molecule has 5 aliphatic rings. The van der Waals surface area contributed by atoms with Crippen LogP contribution >= 0.6 is 0 Å². The molecule has 1 aliphatic heterocycles. The lowest BCUT2D eigenvalue weighted by atomic mass is 9.45. The van der Waals surface area contributed by atoms with Gasteiger partial charge in [0.25, 0.3) is 0 Å². The fraction of sp³-hybridized carbons (Fsp3) is 0.926. The van der Waals surface area contributed by atoms with E-state index in [9.17, 15) is 10.2 Å². The van der Waals surface area contributed by atoms with Crippen molar-refractivity contribution in [1.82, 2.24) is 0 Å². The van der Waals surface area contributed by atoms with Gasteiger partial charge >= 0.3 is 0 Å². The highest BCUT2D eigenvalue weighted by atomic mass is 16.5. The molecular formula is C27H44O3. The zero-order valence-electron chi connectivity index (χ0n) is 20.0. The molecule has 9 unspecified atom stereocenters. The topological polar surface area (TPSA) is 49.7 Å². The summed E-state index contributed by atoms with van der Waals surface area (Å²) in [4.78, 5) is 0. The third-order valence-electron chi connectivity index (χ3n) is 11.5. The van der Waals surface area contributed by atoms with Crippen molar-refractivity contribution in [1.29, 1.82) is 0 Å². The predicted molar refractivity (Wildman–Crippen MR) is 120 cm³/mol. The van der Waals surface area contributed by atoms with Crippen LogP contribution in [0.5, 0.6) is 0 Å².